The second kappa shape index (κ2) is 5.35. The molecule has 2 atom stereocenters. The molecule has 0 aromatic heterocycles. The zero-order chi connectivity index (χ0) is 11.6. The quantitative estimate of drug-likeness (QED) is 0.627. The van der Waals surface area contributed by atoms with E-state index in [0.717, 1.165) is 0 Å². The van der Waals surface area contributed by atoms with E-state index in [2.05, 4.69) is 6.58 Å². The molecule has 1 aliphatic carbocycles. The molecule has 0 aliphatic heterocycles. The van der Waals surface area contributed by atoms with Crippen molar-refractivity contribution in [3.05, 3.63) is 33.8 Å². The summed E-state index contributed by atoms with van der Waals surface area (Å²) in [6, 6.07) is 0. The molecule has 2 unspecified atom stereocenters. The molecule has 0 bridgehead atoms. The average Bonchev–Trinajstić information content (AvgIpc) is 2.21. The first-order chi connectivity index (χ1) is 6.93. The van der Waals surface area contributed by atoms with Crippen LogP contribution in [0.1, 0.15) is 0 Å². The lowest BCUT2D eigenvalue weighted by Gasteiger charge is -2.30. The van der Waals surface area contributed by atoms with Gasteiger partial charge < -0.3 is 5.11 Å². The lowest BCUT2D eigenvalue weighted by molar-refractivity contribution is 0.264. The average molecular weight is 306 g/mol. The maximum Gasteiger partial charge on any atom is 0.162 e. The van der Waals surface area contributed by atoms with Crippen molar-refractivity contribution >= 4 is 58.2 Å². The van der Waals surface area contributed by atoms with Crippen LogP contribution in [-0.2, 0) is 0 Å². The van der Waals surface area contributed by atoms with Crippen molar-refractivity contribution in [3.63, 3.8) is 0 Å². The largest absolute Gasteiger partial charge is 0.383 e. The molecule has 0 aromatic carbocycles. The van der Waals surface area contributed by atoms with Gasteiger partial charge in [-0.2, -0.15) is 0 Å². The van der Waals surface area contributed by atoms with Crippen LogP contribution < -0.4 is 0 Å². The predicted octanol–water partition coefficient (Wildman–Crippen LogP) is 4.03. The predicted molar refractivity (Wildman–Crippen MR) is 69.9 cm³/mol. The van der Waals surface area contributed by atoms with Gasteiger partial charge in [0.15, 0.2) is 4.21 Å². The van der Waals surface area contributed by atoms with Crippen LogP contribution in [0.5, 0.6) is 0 Å². The molecule has 6 heteroatoms. The first-order valence-corrected chi connectivity index (χ1v) is 6.48. The summed E-state index contributed by atoms with van der Waals surface area (Å²) < 4.78 is -1.10. The lowest BCUT2D eigenvalue weighted by atomic mass is 10.1. The van der Waals surface area contributed by atoms with Gasteiger partial charge in [-0.15, -0.1) is 18.3 Å². The van der Waals surface area contributed by atoms with Crippen LogP contribution in [0.25, 0.3) is 0 Å². The van der Waals surface area contributed by atoms with E-state index in [9.17, 15) is 5.11 Å². The third kappa shape index (κ3) is 2.68. The molecule has 0 heterocycles. The second-order valence-electron chi connectivity index (χ2n) is 2.82. The third-order valence-electron chi connectivity index (χ3n) is 1.76. The van der Waals surface area contributed by atoms with Crippen molar-refractivity contribution in [2.45, 2.75) is 10.3 Å². The summed E-state index contributed by atoms with van der Waals surface area (Å²) in [4.78, 5) is 0. The van der Waals surface area contributed by atoms with E-state index in [1.165, 1.54) is 17.8 Å². The van der Waals surface area contributed by atoms with Crippen molar-refractivity contribution < 1.29 is 5.11 Å². The highest BCUT2D eigenvalue weighted by atomic mass is 35.5. The Hall–Kier alpha value is 0.690. The van der Waals surface area contributed by atoms with Gasteiger partial charge >= 0.3 is 0 Å². The number of aliphatic hydroxyl groups excluding tert-OH is 1. The Balaban J connectivity index is 3.05. The lowest BCUT2D eigenvalue weighted by Crippen LogP contribution is -2.26. The molecule has 84 valence electrons. The van der Waals surface area contributed by atoms with E-state index in [-0.39, 0.29) is 15.1 Å². The molecule has 1 nitrogen and oxygen atoms in total. The van der Waals surface area contributed by atoms with Crippen molar-refractivity contribution in [1.82, 2.24) is 0 Å². The number of alkyl halides is 1. The number of rotatable bonds is 3. The fraction of sp³-hybridized carbons (Fsp3) is 0.333. The fourth-order valence-electron chi connectivity index (χ4n) is 1.01. The zero-order valence-electron chi connectivity index (χ0n) is 7.51. The maximum atomic E-state index is 9.45. The third-order valence-corrected chi connectivity index (χ3v) is 5.53. The van der Waals surface area contributed by atoms with Crippen LogP contribution in [0.4, 0.5) is 0 Å². The van der Waals surface area contributed by atoms with E-state index in [4.69, 9.17) is 46.4 Å². The first-order valence-electron chi connectivity index (χ1n) is 3.98. The molecule has 15 heavy (non-hydrogen) atoms. The Morgan fingerprint density at radius 3 is 2.67 bits per heavy atom. The van der Waals surface area contributed by atoms with Crippen LogP contribution >= 0.6 is 58.2 Å². The summed E-state index contributed by atoms with van der Waals surface area (Å²) in [5.41, 5.74) is 0. The minimum atomic E-state index is -1.10. The molecule has 0 spiro atoms. The SMILES string of the molecule is C=CCSC1(Cl)C(Cl)=CC(O)C(Cl)=C1Cl. The fourth-order valence-corrected chi connectivity index (χ4v) is 3.27. The standard InChI is InChI=1S/C9H8Cl4OS/c1-2-3-15-9(13)6(10)4-5(14)7(11)8(9)12/h2,4-5,14H,1,3H2. The molecule has 1 N–H and O–H groups in total. The van der Waals surface area contributed by atoms with Crippen LogP contribution in [0.3, 0.4) is 0 Å². The number of thioether (sulfide) groups is 1. The summed E-state index contributed by atoms with van der Waals surface area (Å²) in [5, 5.41) is 9.97. The highest BCUT2D eigenvalue weighted by Gasteiger charge is 2.41. The summed E-state index contributed by atoms with van der Waals surface area (Å²) in [6.45, 7) is 3.58. The summed E-state index contributed by atoms with van der Waals surface area (Å²) in [7, 11) is 0. The Kier molecular flexibility index (Phi) is 4.90. The van der Waals surface area contributed by atoms with Crippen LogP contribution in [0.15, 0.2) is 33.8 Å². The van der Waals surface area contributed by atoms with Gasteiger partial charge in [-0.25, -0.2) is 0 Å². The normalized spacial score (nSPS) is 31.5. The molecule has 0 fully saturated rings. The van der Waals surface area contributed by atoms with Crippen molar-refractivity contribution in [2.75, 3.05) is 5.75 Å². The van der Waals surface area contributed by atoms with Gasteiger partial charge in [0, 0.05) is 5.75 Å². The van der Waals surface area contributed by atoms with Gasteiger partial charge in [0.25, 0.3) is 0 Å². The van der Waals surface area contributed by atoms with Crippen molar-refractivity contribution in [1.29, 1.82) is 0 Å². The maximum absolute atomic E-state index is 9.45. The molecule has 0 amide bonds. The van der Waals surface area contributed by atoms with E-state index in [1.807, 2.05) is 0 Å². The Bertz CT molecular complexity index is 339. The van der Waals surface area contributed by atoms with Crippen molar-refractivity contribution in [2.24, 2.45) is 0 Å². The van der Waals surface area contributed by atoms with Gasteiger partial charge in [0.2, 0.25) is 0 Å². The summed E-state index contributed by atoms with van der Waals surface area (Å²) in [5.74, 6) is 0.573. The van der Waals surface area contributed by atoms with Crippen molar-refractivity contribution in [3.8, 4) is 0 Å². The molecular formula is C9H8Cl4OS. The smallest absolute Gasteiger partial charge is 0.162 e. The molecule has 0 saturated carbocycles. The van der Waals surface area contributed by atoms with Gasteiger partial charge in [-0.1, -0.05) is 52.5 Å². The minimum Gasteiger partial charge on any atom is -0.383 e. The van der Waals surface area contributed by atoms with Crippen LogP contribution in [0, 0.1) is 0 Å². The zero-order valence-corrected chi connectivity index (χ0v) is 11.4. The van der Waals surface area contributed by atoms with Gasteiger partial charge in [0.1, 0.15) is 6.10 Å². The van der Waals surface area contributed by atoms with E-state index in [1.54, 1.807) is 6.08 Å². The number of halogens is 4. The van der Waals surface area contributed by atoms with Crippen LogP contribution in [-0.4, -0.2) is 21.2 Å². The Labute approximate surface area is 113 Å². The monoisotopic (exact) mass is 304 g/mol. The van der Waals surface area contributed by atoms with Gasteiger partial charge in [-0.05, 0) is 6.08 Å². The Morgan fingerprint density at radius 2 is 2.13 bits per heavy atom. The minimum absolute atomic E-state index is 0.104. The number of hydrogen-bond donors (Lipinski definition) is 1. The van der Waals surface area contributed by atoms with Gasteiger partial charge in [-0.3, -0.25) is 0 Å². The van der Waals surface area contributed by atoms with E-state index in [0.29, 0.717) is 5.75 Å². The molecular weight excluding hydrogens is 298 g/mol. The topological polar surface area (TPSA) is 20.2 Å². The summed E-state index contributed by atoms with van der Waals surface area (Å²) in [6.07, 6.45) is 2.07. The number of aliphatic hydroxyl groups is 1. The van der Waals surface area contributed by atoms with E-state index < -0.39 is 10.3 Å². The molecule has 1 aliphatic rings. The van der Waals surface area contributed by atoms with Crippen LogP contribution in [0.2, 0.25) is 0 Å². The highest BCUT2D eigenvalue weighted by Crippen LogP contribution is 2.51. The highest BCUT2D eigenvalue weighted by molar-refractivity contribution is 8.02. The first kappa shape index (κ1) is 13.8. The summed E-state index contributed by atoms with van der Waals surface area (Å²) >= 11 is 25.3. The molecule has 0 radical (unpaired) electrons. The second-order valence-corrected chi connectivity index (χ2v) is 6.03. The van der Waals surface area contributed by atoms with E-state index >= 15 is 0 Å². The van der Waals surface area contributed by atoms with Gasteiger partial charge in [0.05, 0.1) is 15.1 Å². The Morgan fingerprint density at radius 1 is 1.53 bits per heavy atom. The molecule has 1 rings (SSSR count). The molecule has 0 saturated heterocycles. The number of hydrogen-bond acceptors (Lipinski definition) is 2. The molecule has 0 aromatic rings.